The van der Waals surface area contributed by atoms with E-state index >= 15 is 0 Å². The maximum absolute atomic E-state index is 12.8. The Bertz CT molecular complexity index is 4480. The van der Waals surface area contributed by atoms with E-state index in [4.69, 9.17) is 103 Å². The van der Waals surface area contributed by atoms with Gasteiger partial charge in [-0.15, -0.1) is 0 Å². The van der Waals surface area contributed by atoms with Crippen LogP contribution in [0.5, 0.6) is 0 Å². The topological polar surface area (TPSA) is 388 Å². The molecule has 14 rings (SSSR count). The number of aromatic nitrogens is 10. The molecule has 3 fully saturated rings. The minimum absolute atomic E-state index is 0.0142. The third kappa shape index (κ3) is 22.4. The van der Waals surface area contributed by atoms with E-state index in [1.54, 1.807) is 58.6 Å². The molecule has 5 aromatic heterocycles. The first kappa shape index (κ1) is 84.4. The fourth-order valence-corrected chi connectivity index (χ4v) is 13.5. The lowest BCUT2D eigenvalue weighted by Gasteiger charge is -2.33. The molecular formula is C71H86Cl6N20O14. The van der Waals surface area contributed by atoms with Gasteiger partial charge in [-0.05, 0) is 172 Å². The van der Waals surface area contributed by atoms with Crippen LogP contribution in [0.25, 0.3) is 11.4 Å². The van der Waals surface area contributed by atoms with E-state index in [-0.39, 0.29) is 74.7 Å². The van der Waals surface area contributed by atoms with Crippen LogP contribution in [-0.4, -0.2) is 247 Å². The van der Waals surface area contributed by atoms with Gasteiger partial charge in [0, 0.05) is 118 Å². The lowest BCUT2D eigenvalue weighted by Crippen LogP contribution is -2.46. The zero-order valence-electron chi connectivity index (χ0n) is 62.9. The van der Waals surface area contributed by atoms with Gasteiger partial charge in [-0.3, -0.25) is 19.2 Å². The number of nitrogens with zero attached hydrogens (tertiary/aromatic N) is 16. The number of halogens is 6. The van der Waals surface area contributed by atoms with Gasteiger partial charge in [-0.25, -0.2) is 78.8 Å². The molecule has 13 heterocycles. The number of rotatable bonds is 6. The summed E-state index contributed by atoms with van der Waals surface area (Å²) in [5.41, 5.74) is 5.17. The number of imide groups is 2. The summed E-state index contributed by atoms with van der Waals surface area (Å²) in [6, 6.07) is 7.01. The number of benzene rings is 1. The molecule has 8 aliphatic rings. The first-order valence-electron chi connectivity index (χ1n) is 35.9. The number of morpholine rings is 3. The number of nitrogens with one attached hydrogen (secondary N) is 4. The van der Waals surface area contributed by atoms with Gasteiger partial charge in [0.25, 0.3) is 23.6 Å². The second-order valence-corrected chi connectivity index (χ2v) is 30.8. The maximum Gasteiger partial charge on any atom is 0.417 e. The molecule has 1 aromatic carbocycles. The molecule has 8 aliphatic heterocycles. The fraction of sp³-hybridized carbons (Fsp3) is 0.521. The van der Waals surface area contributed by atoms with E-state index in [0.29, 0.717) is 156 Å². The molecule has 0 saturated carbocycles. The molecule has 34 nitrogen and oxygen atoms in total. The minimum atomic E-state index is -0.709. The van der Waals surface area contributed by atoms with Crippen LogP contribution in [0.1, 0.15) is 145 Å². The van der Waals surface area contributed by atoms with Crippen molar-refractivity contribution in [1.82, 2.24) is 80.5 Å². The van der Waals surface area contributed by atoms with Crippen LogP contribution < -0.4 is 36.0 Å². The number of carbonyl (C=O) groups is 8. The molecule has 111 heavy (non-hydrogen) atoms. The highest BCUT2D eigenvalue weighted by Crippen LogP contribution is 2.34. The number of carbonyl (C=O) groups excluding carboxylic acids is 8. The molecular weight excluding hydrogens is 1570 g/mol. The highest BCUT2D eigenvalue weighted by atomic mass is 35.5. The Morgan fingerprint density at radius 1 is 0.450 bits per heavy atom. The predicted octanol–water partition coefficient (Wildman–Crippen LogP) is 9.35. The molecule has 596 valence electrons. The molecule has 4 N–H and O–H groups in total. The highest BCUT2D eigenvalue weighted by molar-refractivity contribution is 6.33. The highest BCUT2D eigenvalue weighted by Gasteiger charge is 2.39. The zero-order chi connectivity index (χ0) is 80.2. The van der Waals surface area contributed by atoms with E-state index in [1.165, 1.54) is 0 Å². The molecule has 40 heteroatoms. The molecule has 3 saturated heterocycles. The van der Waals surface area contributed by atoms with Gasteiger partial charge in [0.05, 0.1) is 51.9 Å². The number of anilines is 4. The molecule has 0 bridgehead atoms. The van der Waals surface area contributed by atoms with Gasteiger partial charge >= 0.3 is 24.3 Å². The van der Waals surface area contributed by atoms with Gasteiger partial charge in [-0.2, -0.15) is 0 Å². The Kier molecular flexibility index (Phi) is 28.2. The van der Waals surface area contributed by atoms with Gasteiger partial charge in [-0.1, -0.05) is 23.2 Å². The number of urea groups is 1. The Morgan fingerprint density at radius 2 is 0.838 bits per heavy atom. The number of hydrogen-bond donors (Lipinski definition) is 4. The van der Waals surface area contributed by atoms with Crippen molar-refractivity contribution in [1.29, 1.82) is 0 Å². The summed E-state index contributed by atoms with van der Waals surface area (Å²) in [6.45, 7) is 29.0. The van der Waals surface area contributed by atoms with Crippen LogP contribution in [0.15, 0.2) is 24.3 Å². The molecule has 0 spiro atoms. The molecule has 0 unspecified atom stereocenters. The number of fused-ring (bicyclic) bond motifs is 5. The van der Waals surface area contributed by atoms with Crippen LogP contribution in [0, 0.1) is 0 Å². The first-order chi connectivity index (χ1) is 52.6. The Hall–Kier alpha value is -9.00. The number of amides is 9. The lowest BCUT2D eigenvalue weighted by molar-refractivity contribution is 0.0211. The third-order valence-corrected chi connectivity index (χ3v) is 18.5. The normalized spacial score (nSPS) is 16.7. The van der Waals surface area contributed by atoms with E-state index in [2.05, 4.69) is 75.9 Å². The first-order valence-corrected chi connectivity index (χ1v) is 38.1. The summed E-state index contributed by atoms with van der Waals surface area (Å²) >= 11 is 35.3. The summed E-state index contributed by atoms with van der Waals surface area (Å²) < 4.78 is 31.9. The monoisotopic (exact) mass is 1650 g/mol. The summed E-state index contributed by atoms with van der Waals surface area (Å²) in [5, 5.41) is 11.6. The zero-order valence-corrected chi connectivity index (χ0v) is 67.5. The number of hydrogen-bond acceptors (Lipinski definition) is 27. The second kappa shape index (κ2) is 37.1. The third-order valence-electron chi connectivity index (χ3n) is 17.2. The molecule has 6 aromatic rings. The SMILES string of the molecule is CC(C)(C)OC(=O)N1CCc2c(Cl)nc(Cl)nc2C1.CC(C)(C)OC(=O)N1CCc2c(Cl)nc(Cl)nc2C1=O.CC(C)(C)OC(=O)N1CCc2c(nc(Cl)nc2N2CCOCC2)C1=O.CCNC(=O)Nc1ccc(-c2nc3c(c(N4CCOCC4)n2)CCNC3=O)cc1.O=C1NCCc2c1nc(Cl)nc2N1CCOCC1. The largest absolute Gasteiger partial charge is 0.444 e. The van der Waals surface area contributed by atoms with Crippen molar-refractivity contribution in [3.05, 3.63) is 112 Å². The minimum Gasteiger partial charge on any atom is -0.444 e. The van der Waals surface area contributed by atoms with E-state index in [0.717, 1.165) is 81.9 Å². The number of ether oxygens (including phenoxy) is 6. The van der Waals surface area contributed by atoms with Crippen LogP contribution in [0.4, 0.5) is 42.3 Å². The van der Waals surface area contributed by atoms with E-state index in [9.17, 15) is 38.4 Å². The van der Waals surface area contributed by atoms with Crippen LogP contribution in [0.3, 0.4) is 0 Å². The fourth-order valence-electron chi connectivity index (χ4n) is 12.2. The molecule has 0 radical (unpaired) electrons. The molecule has 0 aliphatic carbocycles. The Morgan fingerprint density at radius 3 is 1.31 bits per heavy atom. The smallest absolute Gasteiger partial charge is 0.417 e. The molecule has 9 amide bonds. The summed E-state index contributed by atoms with van der Waals surface area (Å²) in [5.74, 6) is 1.31. The average molecular weight is 1660 g/mol. The summed E-state index contributed by atoms with van der Waals surface area (Å²) in [7, 11) is 0. The van der Waals surface area contributed by atoms with Crippen molar-refractivity contribution >= 4 is 141 Å². The lowest BCUT2D eigenvalue weighted by atomic mass is 10.0. The van der Waals surface area contributed by atoms with E-state index < -0.39 is 40.8 Å². The van der Waals surface area contributed by atoms with Crippen LogP contribution >= 0.6 is 69.6 Å². The van der Waals surface area contributed by atoms with E-state index in [1.807, 2.05) is 44.7 Å². The van der Waals surface area contributed by atoms with Crippen molar-refractivity contribution in [2.75, 3.05) is 138 Å². The van der Waals surface area contributed by atoms with Crippen molar-refractivity contribution in [2.24, 2.45) is 0 Å². The van der Waals surface area contributed by atoms with Crippen LogP contribution in [0.2, 0.25) is 31.4 Å². The second-order valence-electron chi connectivity index (χ2n) is 28.7. The van der Waals surface area contributed by atoms with Crippen LogP contribution in [-0.2, 0) is 67.1 Å². The average Bonchev–Trinajstić information content (AvgIpc) is 0.869. The Labute approximate surface area is 670 Å². The van der Waals surface area contributed by atoms with Crippen molar-refractivity contribution in [3.8, 4) is 11.4 Å². The predicted molar refractivity (Wildman–Crippen MR) is 412 cm³/mol. The van der Waals surface area contributed by atoms with Crippen molar-refractivity contribution in [2.45, 2.75) is 125 Å². The van der Waals surface area contributed by atoms with Gasteiger partial charge in [0.15, 0.2) is 5.82 Å². The summed E-state index contributed by atoms with van der Waals surface area (Å²) in [6.07, 6.45) is 1.15. The quantitative estimate of drug-likeness (QED) is 0.0685. The van der Waals surface area contributed by atoms with Gasteiger partial charge in [0.2, 0.25) is 21.1 Å². The summed E-state index contributed by atoms with van der Waals surface area (Å²) in [4.78, 5) is 149. The standard InChI is InChI=1S/C20H24N6O3.C16H21ClN4O4.C12H13Cl2N3O3.C12H15Cl2N3O2.C11H13ClN4O2/c1-2-21-20(28)23-14-5-3-13(4-6-14)17-24-16-15(7-8-22-19(16)27)18(25-17)26-9-11-29-12-10-26;1-16(2,3)25-15(23)21-5-4-10-11(13(21)22)18-14(17)19-12(10)20-6-8-24-9-7-20;1-12(2,3)20-11(19)17-5-4-6-7(9(17)18)15-10(14)16-8(6)13;1-12(2,3)19-11(18)17-5-4-7-8(6-17)15-10(14)16-9(7)13;12-11-14-8-7(1-2-13-10(8)17)9(15-11)16-3-5-18-6-4-16/h3-6H,2,7-12H2,1H3,(H,22,27)(H2,21,23,28);4-9H2,1-3H3;4-5H2,1-3H3;4-6H2,1-3H3;1-6H2,(H,13,17). The van der Waals surface area contributed by atoms with Crippen molar-refractivity contribution < 1.29 is 66.8 Å². The van der Waals surface area contributed by atoms with Crippen molar-refractivity contribution in [3.63, 3.8) is 0 Å². The maximum atomic E-state index is 12.8. The van der Waals surface area contributed by atoms with Gasteiger partial charge < -0.3 is 69.3 Å². The molecule has 0 atom stereocenters. The van der Waals surface area contributed by atoms with Gasteiger partial charge in [0.1, 0.15) is 67.3 Å². The Balaban J connectivity index is 0.000000149.